The average Bonchev–Trinajstić information content (AvgIpc) is 2.76. The van der Waals surface area contributed by atoms with E-state index in [9.17, 15) is 9.59 Å². The molecule has 0 aliphatic carbocycles. The summed E-state index contributed by atoms with van der Waals surface area (Å²) in [6, 6.07) is 12.0. The molecule has 0 bridgehead atoms. The van der Waals surface area contributed by atoms with Gasteiger partial charge in [-0.15, -0.1) is 0 Å². The van der Waals surface area contributed by atoms with Crippen molar-refractivity contribution in [1.82, 2.24) is 0 Å². The lowest BCUT2D eigenvalue weighted by Crippen LogP contribution is -2.45. The smallest absolute Gasteiger partial charge is 0.376 e. The summed E-state index contributed by atoms with van der Waals surface area (Å²) in [6.45, 7) is 0. The molecule has 7 nitrogen and oxygen atoms in total. The van der Waals surface area contributed by atoms with Crippen molar-refractivity contribution >= 4 is 33.3 Å². The van der Waals surface area contributed by atoms with Crippen molar-refractivity contribution in [2.24, 2.45) is 0 Å². The molecule has 0 fully saturated rings. The molecule has 0 aromatic heterocycles. The number of hydrogen-bond donors (Lipinski definition) is 0. The molecule has 0 amide bonds. The number of alkyl halides is 1. The Balaban J connectivity index is 2.01. The van der Waals surface area contributed by atoms with Gasteiger partial charge >= 0.3 is 5.97 Å². The number of rotatable bonds is 7. The quantitative estimate of drug-likeness (QED) is 0.446. The number of ketones is 1. The Labute approximate surface area is 182 Å². The van der Waals surface area contributed by atoms with Crippen molar-refractivity contribution in [2.75, 3.05) is 28.4 Å². The van der Waals surface area contributed by atoms with E-state index in [1.807, 2.05) is 0 Å². The van der Waals surface area contributed by atoms with Gasteiger partial charge in [0.15, 0.2) is 11.5 Å². The zero-order valence-electron chi connectivity index (χ0n) is 17.0. The lowest BCUT2D eigenvalue weighted by molar-refractivity contribution is -0.156. The molecule has 1 atom stereocenters. The predicted octanol–water partition coefficient (Wildman–Crippen LogP) is 3.53. The van der Waals surface area contributed by atoms with E-state index in [0.717, 1.165) is 0 Å². The molecule has 2 aromatic rings. The van der Waals surface area contributed by atoms with E-state index in [-0.39, 0.29) is 17.8 Å². The number of carbonyl (C=O) groups excluding carboxylic acids is 2. The molecule has 30 heavy (non-hydrogen) atoms. The second kappa shape index (κ2) is 8.79. The van der Waals surface area contributed by atoms with Gasteiger partial charge in [0, 0.05) is 6.42 Å². The Bertz CT molecular complexity index is 997. The number of Topliss-reactive ketones (excluding diaryl/α,β-unsaturated/α-hetero) is 1. The third-order valence-electron chi connectivity index (χ3n) is 4.70. The van der Waals surface area contributed by atoms with Gasteiger partial charge in [-0.25, -0.2) is 4.79 Å². The van der Waals surface area contributed by atoms with Crippen LogP contribution in [-0.2, 0) is 25.5 Å². The number of halogens is 1. The van der Waals surface area contributed by atoms with Crippen molar-refractivity contribution in [1.29, 1.82) is 0 Å². The van der Waals surface area contributed by atoms with Crippen molar-refractivity contribution in [3.63, 3.8) is 0 Å². The van der Waals surface area contributed by atoms with Crippen LogP contribution in [0.4, 0.5) is 0 Å². The average molecular weight is 477 g/mol. The van der Waals surface area contributed by atoms with Gasteiger partial charge in [0.2, 0.25) is 16.1 Å². The van der Waals surface area contributed by atoms with Gasteiger partial charge in [0.05, 0.1) is 34.0 Å². The maximum atomic E-state index is 13.4. The van der Waals surface area contributed by atoms with Crippen molar-refractivity contribution in [2.45, 2.75) is 10.9 Å². The van der Waals surface area contributed by atoms with Crippen molar-refractivity contribution in [3.8, 4) is 17.2 Å². The summed E-state index contributed by atoms with van der Waals surface area (Å²) in [7, 11) is 5.93. The summed E-state index contributed by atoms with van der Waals surface area (Å²) in [4.78, 5) is 26.1. The van der Waals surface area contributed by atoms with Gasteiger partial charge < -0.3 is 23.7 Å². The molecule has 1 heterocycles. The molecule has 0 spiro atoms. The highest BCUT2D eigenvalue weighted by atomic mass is 79.9. The first-order valence-electron chi connectivity index (χ1n) is 8.97. The number of carbonyl (C=O) groups is 2. The highest BCUT2D eigenvalue weighted by molar-refractivity contribution is 9.10. The predicted molar refractivity (Wildman–Crippen MR) is 113 cm³/mol. The number of methoxy groups -OCH3 is 4. The van der Waals surface area contributed by atoms with E-state index < -0.39 is 16.3 Å². The lowest BCUT2D eigenvalue weighted by atomic mass is 9.91. The lowest BCUT2D eigenvalue weighted by Gasteiger charge is -2.32. The van der Waals surface area contributed by atoms with Crippen molar-refractivity contribution < 1.29 is 33.3 Å². The van der Waals surface area contributed by atoms with E-state index in [4.69, 9.17) is 23.7 Å². The van der Waals surface area contributed by atoms with Crippen molar-refractivity contribution in [3.05, 3.63) is 59.4 Å². The number of esters is 1. The third kappa shape index (κ3) is 4.00. The molecule has 2 aromatic carbocycles. The Morgan fingerprint density at radius 2 is 1.53 bits per heavy atom. The number of hydrogen-bond acceptors (Lipinski definition) is 7. The first kappa shape index (κ1) is 21.7. The van der Waals surface area contributed by atoms with Crippen LogP contribution in [0.3, 0.4) is 0 Å². The zero-order valence-corrected chi connectivity index (χ0v) is 18.6. The summed E-state index contributed by atoms with van der Waals surface area (Å²) in [5.41, 5.74) is 1.36. The minimum Gasteiger partial charge on any atom is -0.497 e. The van der Waals surface area contributed by atoms with Gasteiger partial charge in [-0.05, 0) is 51.3 Å². The van der Waals surface area contributed by atoms with Gasteiger partial charge in [-0.3, -0.25) is 4.79 Å². The number of benzene rings is 2. The topological polar surface area (TPSA) is 80.3 Å². The van der Waals surface area contributed by atoms with Crippen LogP contribution < -0.4 is 14.2 Å². The largest absolute Gasteiger partial charge is 0.497 e. The normalized spacial score (nSPS) is 18.7. The van der Waals surface area contributed by atoms with Crippen LogP contribution in [0.15, 0.2) is 48.2 Å². The minimum atomic E-state index is -1.60. The van der Waals surface area contributed by atoms with E-state index in [1.165, 1.54) is 21.3 Å². The zero-order chi connectivity index (χ0) is 21.9. The monoisotopic (exact) mass is 476 g/mol. The van der Waals surface area contributed by atoms with Crippen LogP contribution in [0.5, 0.6) is 17.2 Å². The van der Waals surface area contributed by atoms with E-state index in [1.54, 1.807) is 49.6 Å². The summed E-state index contributed by atoms with van der Waals surface area (Å²) in [5.74, 6) is 0.368. The second-order valence-electron chi connectivity index (χ2n) is 6.45. The molecule has 0 radical (unpaired) electrons. The highest BCUT2D eigenvalue weighted by Gasteiger charge is 2.49. The van der Waals surface area contributed by atoms with E-state index >= 15 is 0 Å². The Morgan fingerprint density at radius 3 is 2.10 bits per heavy atom. The standard InChI is InChI=1S/C22H21BrO7/c1-26-15-8-6-14(7-9-15)18-19(29-4)21(25)30-22(23,20(18)24)12-13-5-10-16(27-2)17(11-13)28-3/h5-11H,12H2,1-4H3. The molecule has 0 saturated carbocycles. The first-order chi connectivity index (χ1) is 14.4. The summed E-state index contributed by atoms with van der Waals surface area (Å²) in [6.07, 6.45) is 0.0780. The van der Waals surface area contributed by atoms with E-state index in [2.05, 4.69) is 15.9 Å². The SMILES string of the molecule is COC1=C(c2ccc(OC)cc2)C(=O)C(Br)(Cc2ccc(OC)c(OC)c2)OC1=O. The molecule has 1 aliphatic rings. The molecule has 1 aliphatic heterocycles. The Morgan fingerprint density at radius 1 is 0.867 bits per heavy atom. The molecule has 0 saturated heterocycles. The molecule has 3 rings (SSSR count). The number of cyclic esters (lactones) is 1. The fraction of sp³-hybridized carbons (Fsp3) is 0.273. The van der Waals surface area contributed by atoms with Gasteiger partial charge in [0.1, 0.15) is 5.75 Å². The molecule has 0 N–H and O–H groups in total. The fourth-order valence-electron chi connectivity index (χ4n) is 3.21. The third-order valence-corrected chi connectivity index (χ3v) is 5.50. The first-order valence-corrected chi connectivity index (χ1v) is 9.76. The van der Waals surface area contributed by atoms with Gasteiger partial charge in [-0.2, -0.15) is 0 Å². The van der Waals surface area contributed by atoms with Crippen LogP contribution in [0.1, 0.15) is 11.1 Å². The van der Waals surface area contributed by atoms with Crippen LogP contribution in [0.25, 0.3) is 5.57 Å². The van der Waals surface area contributed by atoms with Crippen LogP contribution in [-0.4, -0.2) is 44.7 Å². The minimum absolute atomic E-state index is 0.0780. The van der Waals surface area contributed by atoms with Crippen LogP contribution in [0.2, 0.25) is 0 Å². The fourth-order valence-corrected chi connectivity index (χ4v) is 3.88. The highest BCUT2D eigenvalue weighted by Crippen LogP contribution is 2.40. The summed E-state index contributed by atoms with van der Waals surface area (Å²) >= 11 is 3.36. The Hall–Kier alpha value is -3.00. The van der Waals surface area contributed by atoms with Crippen LogP contribution in [0, 0.1) is 0 Å². The van der Waals surface area contributed by atoms with Crippen LogP contribution >= 0.6 is 15.9 Å². The molecule has 158 valence electrons. The van der Waals surface area contributed by atoms with Gasteiger partial charge in [-0.1, -0.05) is 18.2 Å². The molecular formula is C22H21BrO7. The summed E-state index contributed by atoms with van der Waals surface area (Å²) in [5, 5.41) is 0. The summed E-state index contributed by atoms with van der Waals surface area (Å²) < 4.78 is 24.8. The molecule has 1 unspecified atom stereocenters. The van der Waals surface area contributed by atoms with E-state index in [0.29, 0.717) is 28.4 Å². The maximum absolute atomic E-state index is 13.4. The maximum Gasteiger partial charge on any atom is 0.376 e. The Kier molecular flexibility index (Phi) is 6.36. The molecule has 8 heteroatoms. The van der Waals surface area contributed by atoms with Gasteiger partial charge in [0.25, 0.3) is 0 Å². The number of ether oxygens (including phenoxy) is 5. The second-order valence-corrected chi connectivity index (χ2v) is 7.73. The molecular weight excluding hydrogens is 456 g/mol.